The minimum Gasteiger partial charge on any atom is -0.352 e. The summed E-state index contributed by atoms with van der Waals surface area (Å²) in [6.45, 7) is 1.80. The summed E-state index contributed by atoms with van der Waals surface area (Å²) in [4.78, 5) is 12.3. The molecule has 0 bridgehead atoms. The van der Waals surface area contributed by atoms with Crippen LogP contribution in [-0.2, 0) is 22.2 Å². The van der Waals surface area contributed by atoms with Gasteiger partial charge in [-0.1, -0.05) is 42.3 Å². The molecule has 0 aliphatic carbocycles. The van der Waals surface area contributed by atoms with Gasteiger partial charge in [0.25, 0.3) is 5.91 Å². The van der Waals surface area contributed by atoms with E-state index in [0.29, 0.717) is 35.8 Å². The number of nitrogens with zero attached hydrogens (tertiary/aromatic N) is 1. The maximum Gasteiger partial charge on any atom is 0.251 e. The monoisotopic (exact) mass is 434 g/mol. The Bertz CT molecular complexity index is 906. The first-order valence-corrected chi connectivity index (χ1v) is 12.0. The van der Waals surface area contributed by atoms with Gasteiger partial charge in [0.1, 0.15) is 0 Å². The molecule has 0 spiro atoms. The van der Waals surface area contributed by atoms with E-state index >= 15 is 0 Å². The molecule has 1 fully saturated rings. The molecule has 1 aliphatic heterocycles. The standard InChI is InChI=1S/C22H27ClN2O3S/c23-21-12-8-18(9-13-21)5-4-14-24-22(26)20-10-6-19(7-11-20)17-29(27,28)25-15-2-1-3-16-25/h6-13H,1-5,14-17H2,(H,24,26). The van der Waals surface area contributed by atoms with Gasteiger partial charge in [-0.3, -0.25) is 4.79 Å². The molecule has 0 saturated carbocycles. The number of rotatable bonds is 8. The average molecular weight is 435 g/mol. The van der Waals surface area contributed by atoms with Gasteiger partial charge in [0.05, 0.1) is 5.75 Å². The lowest BCUT2D eigenvalue weighted by Crippen LogP contribution is -2.36. The normalized spacial score (nSPS) is 15.2. The van der Waals surface area contributed by atoms with Gasteiger partial charge in [0.15, 0.2) is 0 Å². The molecular weight excluding hydrogens is 408 g/mol. The Hall–Kier alpha value is -1.89. The lowest BCUT2D eigenvalue weighted by atomic mass is 10.1. The van der Waals surface area contributed by atoms with E-state index in [1.165, 1.54) is 5.56 Å². The second-order valence-electron chi connectivity index (χ2n) is 7.40. The van der Waals surface area contributed by atoms with Gasteiger partial charge in [-0.15, -0.1) is 0 Å². The Balaban J connectivity index is 1.46. The summed E-state index contributed by atoms with van der Waals surface area (Å²) < 4.78 is 26.6. The van der Waals surface area contributed by atoms with E-state index in [1.54, 1.807) is 28.6 Å². The van der Waals surface area contributed by atoms with Gasteiger partial charge in [0.2, 0.25) is 10.0 Å². The molecule has 1 saturated heterocycles. The summed E-state index contributed by atoms with van der Waals surface area (Å²) >= 11 is 5.88. The Morgan fingerprint density at radius 2 is 1.55 bits per heavy atom. The van der Waals surface area contributed by atoms with Crippen LogP contribution in [0.1, 0.15) is 47.2 Å². The largest absolute Gasteiger partial charge is 0.352 e. The molecule has 3 rings (SSSR count). The van der Waals surface area contributed by atoms with Crippen LogP contribution in [0.25, 0.3) is 0 Å². The zero-order valence-corrected chi connectivity index (χ0v) is 18.0. The molecular formula is C22H27ClN2O3S. The number of benzene rings is 2. The molecule has 7 heteroatoms. The highest BCUT2D eigenvalue weighted by atomic mass is 35.5. The van der Waals surface area contributed by atoms with E-state index in [4.69, 9.17) is 11.6 Å². The lowest BCUT2D eigenvalue weighted by Gasteiger charge is -2.25. The van der Waals surface area contributed by atoms with E-state index < -0.39 is 10.0 Å². The number of hydrogen-bond donors (Lipinski definition) is 1. The first kappa shape index (κ1) is 21.8. The minimum absolute atomic E-state index is 0.0179. The van der Waals surface area contributed by atoms with E-state index in [9.17, 15) is 13.2 Å². The molecule has 1 heterocycles. The number of carbonyl (C=O) groups is 1. The van der Waals surface area contributed by atoms with Crippen LogP contribution in [0, 0.1) is 0 Å². The average Bonchev–Trinajstić information content (AvgIpc) is 2.73. The van der Waals surface area contributed by atoms with Crippen molar-refractivity contribution in [2.75, 3.05) is 19.6 Å². The second kappa shape index (κ2) is 10.2. The Morgan fingerprint density at radius 3 is 2.21 bits per heavy atom. The number of amides is 1. The number of carbonyl (C=O) groups excluding carboxylic acids is 1. The number of sulfonamides is 1. The van der Waals surface area contributed by atoms with Crippen molar-refractivity contribution in [1.82, 2.24) is 9.62 Å². The quantitative estimate of drug-likeness (QED) is 0.638. The summed E-state index contributed by atoms with van der Waals surface area (Å²) in [5, 5.41) is 3.63. The smallest absolute Gasteiger partial charge is 0.251 e. The fourth-order valence-electron chi connectivity index (χ4n) is 3.44. The van der Waals surface area contributed by atoms with Gasteiger partial charge in [-0.25, -0.2) is 12.7 Å². The van der Waals surface area contributed by atoms with Crippen molar-refractivity contribution in [3.63, 3.8) is 0 Å². The van der Waals surface area contributed by atoms with Gasteiger partial charge < -0.3 is 5.32 Å². The van der Waals surface area contributed by atoms with Crippen molar-refractivity contribution in [3.05, 3.63) is 70.2 Å². The van der Waals surface area contributed by atoms with Crippen LogP contribution < -0.4 is 5.32 Å². The van der Waals surface area contributed by atoms with Gasteiger partial charge in [0, 0.05) is 30.2 Å². The molecule has 0 atom stereocenters. The van der Waals surface area contributed by atoms with Crippen LogP contribution in [-0.4, -0.2) is 38.3 Å². The van der Waals surface area contributed by atoms with Crippen molar-refractivity contribution < 1.29 is 13.2 Å². The maximum atomic E-state index is 12.5. The number of aryl methyl sites for hydroxylation is 1. The summed E-state index contributed by atoms with van der Waals surface area (Å²) in [5.41, 5.74) is 2.42. The van der Waals surface area contributed by atoms with Crippen molar-refractivity contribution in [2.24, 2.45) is 0 Å². The number of hydrogen-bond acceptors (Lipinski definition) is 3. The fourth-order valence-corrected chi connectivity index (χ4v) is 5.18. The molecule has 5 nitrogen and oxygen atoms in total. The molecule has 2 aromatic carbocycles. The molecule has 1 N–H and O–H groups in total. The second-order valence-corrected chi connectivity index (χ2v) is 9.80. The molecule has 2 aromatic rings. The van der Waals surface area contributed by atoms with Crippen molar-refractivity contribution in [1.29, 1.82) is 0 Å². The third-order valence-corrected chi connectivity index (χ3v) is 7.22. The topological polar surface area (TPSA) is 66.5 Å². The van der Waals surface area contributed by atoms with E-state index in [-0.39, 0.29) is 11.7 Å². The predicted octanol–water partition coefficient (Wildman–Crippen LogP) is 4.02. The minimum atomic E-state index is -3.29. The van der Waals surface area contributed by atoms with Gasteiger partial charge in [-0.2, -0.15) is 0 Å². The third kappa shape index (κ3) is 6.56. The zero-order chi connectivity index (χ0) is 20.7. The highest BCUT2D eigenvalue weighted by molar-refractivity contribution is 7.88. The van der Waals surface area contributed by atoms with E-state index in [0.717, 1.165) is 32.1 Å². The van der Waals surface area contributed by atoms with E-state index in [1.807, 2.05) is 24.3 Å². The van der Waals surface area contributed by atoms with Crippen LogP contribution in [0.5, 0.6) is 0 Å². The molecule has 29 heavy (non-hydrogen) atoms. The Labute approximate surface area is 178 Å². The first-order chi connectivity index (χ1) is 13.9. The SMILES string of the molecule is O=C(NCCCc1ccc(Cl)cc1)c1ccc(CS(=O)(=O)N2CCCCC2)cc1. The Morgan fingerprint density at radius 1 is 0.931 bits per heavy atom. The fraction of sp³-hybridized carbons (Fsp3) is 0.409. The maximum absolute atomic E-state index is 12.5. The van der Waals surface area contributed by atoms with Crippen LogP contribution >= 0.6 is 11.6 Å². The molecule has 1 amide bonds. The highest BCUT2D eigenvalue weighted by Gasteiger charge is 2.24. The van der Waals surface area contributed by atoms with Gasteiger partial charge >= 0.3 is 0 Å². The Kier molecular flexibility index (Phi) is 7.70. The molecule has 0 aromatic heterocycles. The molecule has 156 valence electrons. The van der Waals surface area contributed by atoms with Crippen molar-refractivity contribution in [3.8, 4) is 0 Å². The molecule has 1 aliphatic rings. The third-order valence-electron chi connectivity index (χ3n) is 5.11. The van der Waals surface area contributed by atoms with Crippen LogP contribution in [0.4, 0.5) is 0 Å². The summed E-state index contributed by atoms with van der Waals surface area (Å²) in [5.74, 6) is -0.165. The number of halogens is 1. The molecule has 0 unspecified atom stereocenters. The lowest BCUT2D eigenvalue weighted by molar-refractivity contribution is 0.0953. The summed E-state index contributed by atoms with van der Waals surface area (Å²) in [6.07, 6.45) is 4.65. The predicted molar refractivity (Wildman–Crippen MR) is 117 cm³/mol. The van der Waals surface area contributed by atoms with Crippen molar-refractivity contribution in [2.45, 2.75) is 37.9 Å². The first-order valence-electron chi connectivity index (χ1n) is 10.0. The van der Waals surface area contributed by atoms with Gasteiger partial charge in [-0.05, 0) is 61.1 Å². The van der Waals surface area contributed by atoms with Crippen molar-refractivity contribution >= 4 is 27.5 Å². The highest BCUT2D eigenvalue weighted by Crippen LogP contribution is 2.17. The van der Waals surface area contributed by atoms with Crippen LogP contribution in [0.3, 0.4) is 0 Å². The number of piperidine rings is 1. The molecule has 0 radical (unpaired) electrons. The van der Waals surface area contributed by atoms with E-state index in [2.05, 4.69) is 5.32 Å². The zero-order valence-electron chi connectivity index (χ0n) is 16.4. The summed E-state index contributed by atoms with van der Waals surface area (Å²) in [6, 6.07) is 14.5. The number of nitrogens with one attached hydrogen (secondary N) is 1. The van der Waals surface area contributed by atoms with Crippen LogP contribution in [0.15, 0.2) is 48.5 Å². The summed E-state index contributed by atoms with van der Waals surface area (Å²) in [7, 11) is -3.29. The van der Waals surface area contributed by atoms with Crippen LogP contribution in [0.2, 0.25) is 5.02 Å².